The molecule has 0 spiro atoms. The fourth-order valence-corrected chi connectivity index (χ4v) is 6.13. The van der Waals surface area contributed by atoms with Gasteiger partial charge in [0.2, 0.25) is 0 Å². The van der Waals surface area contributed by atoms with Gasteiger partial charge in [0.05, 0.1) is 0 Å². The molecule has 15 heavy (non-hydrogen) atoms. The minimum atomic E-state index is -1.40. The maximum Gasteiger partial charge on any atom is 0.192 e. The first-order valence-electron chi connectivity index (χ1n) is 6.40. The van der Waals surface area contributed by atoms with E-state index in [1.807, 2.05) is 13.2 Å². The maximum atomic E-state index is 5.94. The van der Waals surface area contributed by atoms with Crippen molar-refractivity contribution in [2.24, 2.45) is 0 Å². The van der Waals surface area contributed by atoms with Crippen molar-refractivity contribution < 1.29 is 4.43 Å². The predicted octanol–water partition coefficient (Wildman–Crippen LogP) is 4.75. The van der Waals surface area contributed by atoms with Crippen LogP contribution < -0.4 is 0 Å². The lowest BCUT2D eigenvalue weighted by molar-refractivity contribution is 0.384. The zero-order chi connectivity index (χ0) is 11.6. The highest BCUT2D eigenvalue weighted by Gasteiger charge is 2.31. The molecule has 2 heteroatoms. The first-order chi connectivity index (χ1) is 7.24. The quantitative estimate of drug-likeness (QED) is 0.387. The van der Waals surface area contributed by atoms with Crippen molar-refractivity contribution in [3.05, 3.63) is 12.7 Å². The summed E-state index contributed by atoms with van der Waals surface area (Å²) in [4.78, 5) is 0. The average Bonchev–Trinajstić information content (AvgIpc) is 2.29. The molecule has 0 aliphatic heterocycles. The largest absolute Gasteiger partial charge is 0.420 e. The highest BCUT2D eigenvalue weighted by molar-refractivity contribution is 6.73. The van der Waals surface area contributed by atoms with Crippen LogP contribution in [0.15, 0.2) is 12.7 Å². The molecule has 0 aliphatic carbocycles. The van der Waals surface area contributed by atoms with E-state index in [9.17, 15) is 0 Å². The van der Waals surface area contributed by atoms with E-state index >= 15 is 0 Å². The Kier molecular flexibility index (Phi) is 9.11. The predicted molar refractivity (Wildman–Crippen MR) is 71.8 cm³/mol. The number of hydrogen-bond acceptors (Lipinski definition) is 1. The lowest BCUT2D eigenvalue weighted by Crippen LogP contribution is -2.36. The summed E-state index contributed by atoms with van der Waals surface area (Å²) in [6, 6.07) is 3.95. The molecule has 0 atom stereocenters. The van der Waals surface area contributed by atoms with Crippen LogP contribution in [-0.2, 0) is 4.43 Å². The van der Waals surface area contributed by atoms with Crippen molar-refractivity contribution in [2.45, 2.75) is 64.1 Å². The average molecular weight is 228 g/mol. The number of unbranched alkanes of at least 4 members (excludes halogenated alkanes) is 2. The van der Waals surface area contributed by atoms with Gasteiger partial charge >= 0.3 is 0 Å². The molecule has 0 fully saturated rings. The van der Waals surface area contributed by atoms with Gasteiger partial charge in [0.1, 0.15) is 0 Å². The van der Waals surface area contributed by atoms with Crippen LogP contribution in [0.4, 0.5) is 0 Å². The third kappa shape index (κ3) is 6.16. The van der Waals surface area contributed by atoms with Gasteiger partial charge in [-0.2, -0.15) is 0 Å². The van der Waals surface area contributed by atoms with Crippen LogP contribution in [0.2, 0.25) is 18.1 Å². The Morgan fingerprint density at radius 1 is 1.07 bits per heavy atom. The maximum absolute atomic E-state index is 5.94. The Morgan fingerprint density at radius 3 is 1.93 bits per heavy atom. The van der Waals surface area contributed by atoms with Gasteiger partial charge in [0.15, 0.2) is 8.32 Å². The highest BCUT2D eigenvalue weighted by Crippen LogP contribution is 2.28. The molecule has 1 nitrogen and oxygen atoms in total. The summed E-state index contributed by atoms with van der Waals surface area (Å²) in [5, 5.41) is 0. The first-order valence-corrected chi connectivity index (χ1v) is 8.93. The standard InChI is InChI=1S/C13H28OSi/c1-5-8-11-15(14-4,12-9-6-2)13-10-7-3/h5H,1,6-13H2,2-4H3. The van der Waals surface area contributed by atoms with E-state index in [4.69, 9.17) is 4.43 Å². The summed E-state index contributed by atoms with van der Waals surface area (Å²) in [7, 11) is 0.528. The van der Waals surface area contributed by atoms with Gasteiger partial charge in [0, 0.05) is 7.11 Å². The minimum Gasteiger partial charge on any atom is -0.420 e. The Hall–Kier alpha value is -0.0831. The molecule has 0 aromatic rings. The SMILES string of the molecule is C=CCC[Si](CCCC)(CCCC)OC. The topological polar surface area (TPSA) is 9.23 Å². The van der Waals surface area contributed by atoms with Gasteiger partial charge in [-0.25, -0.2) is 0 Å². The van der Waals surface area contributed by atoms with Gasteiger partial charge in [-0.05, 0) is 24.6 Å². The molecule has 0 aromatic heterocycles. The monoisotopic (exact) mass is 228 g/mol. The van der Waals surface area contributed by atoms with Gasteiger partial charge < -0.3 is 4.43 Å². The lowest BCUT2D eigenvalue weighted by Gasteiger charge is -2.29. The van der Waals surface area contributed by atoms with Crippen LogP contribution in [0, 0.1) is 0 Å². The second kappa shape index (κ2) is 9.17. The zero-order valence-corrected chi connectivity index (χ0v) is 11.8. The van der Waals surface area contributed by atoms with Crippen LogP contribution in [0.5, 0.6) is 0 Å². The summed E-state index contributed by atoms with van der Waals surface area (Å²) in [5.41, 5.74) is 0. The number of rotatable bonds is 10. The van der Waals surface area contributed by atoms with Crippen molar-refractivity contribution in [2.75, 3.05) is 7.11 Å². The molecule has 0 saturated heterocycles. The molecule has 0 radical (unpaired) electrons. The van der Waals surface area contributed by atoms with Crippen LogP contribution in [0.25, 0.3) is 0 Å². The molecule has 0 unspecified atom stereocenters. The zero-order valence-electron chi connectivity index (χ0n) is 10.8. The Labute approximate surface area is 97.0 Å². The van der Waals surface area contributed by atoms with E-state index in [1.54, 1.807) is 0 Å². The minimum absolute atomic E-state index is 1.13. The van der Waals surface area contributed by atoms with Crippen molar-refractivity contribution >= 4 is 8.32 Å². The van der Waals surface area contributed by atoms with E-state index in [0.717, 1.165) is 6.42 Å². The number of allylic oxidation sites excluding steroid dienone is 1. The van der Waals surface area contributed by atoms with Crippen molar-refractivity contribution in [3.8, 4) is 0 Å². The molecule has 0 N–H and O–H groups in total. The van der Waals surface area contributed by atoms with Gasteiger partial charge in [0.25, 0.3) is 0 Å². The third-order valence-corrected chi connectivity index (χ3v) is 7.80. The van der Waals surface area contributed by atoms with E-state index in [0.29, 0.717) is 0 Å². The van der Waals surface area contributed by atoms with E-state index in [-0.39, 0.29) is 0 Å². The molecule has 90 valence electrons. The molecule has 0 saturated carbocycles. The molecule has 0 heterocycles. The normalized spacial score (nSPS) is 11.7. The summed E-state index contributed by atoms with van der Waals surface area (Å²) in [6.07, 6.45) is 8.42. The second-order valence-corrected chi connectivity index (χ2v) is 8.70. The first kappa shape index (κ1) is 14.9. The van der Waals surface area contributed by atoms with Crippen molar-refractivity contribution in [3.63, 3.8) is 0 Å². The fourth-order valence-electron chi connectivity index (χ4n) is 2.04. The van der Waals surface area contributed by atoms with E-state index < -0.39 is 8.32 Å². The smallest absolute Gasteiger partial charge is 0.192 e. The molecular weight excluding hydrogens is 200 g/mol. The lowest BCUT2D eigenvalue weighted by atomic mass is 10.4. The van der Waals surface area contributed by atoms with Gasteiger partial charge in [-0.15, -0.1) is 6.58 Å². The van der Waals surface area contributed by atoms with Gasteiger partial charge in [-0.3, -0.25) is 0 Å². The third-order valence-electron chi connectivity index (χ3n) is 3.21. The summed E-state index contributed by atoms with van der Waals surface area (Å²) < 4.78 is 5.94. The molecule has 0 rings (SSSR count). The molecule has 0 aromatic carbocycles. The van der Waals surface area contributed by atoms with E-state index in [2.05, 4.69) is 20.4 Å². The Morgan fingerprint density at radius 2 is 1.60 bits per heavy atom. The second-order valence-electron chi connectivity index (χ2n) is 4.42. The fraction of sp³-hybridized carbons (Fsp3) is 0.846. The molecule has 0 bridgehead atoms. The van der Waals surface area contributed by atoms with Crippen LogP contribution in [-0.4, -0.2) is 15.4 Å². The Bertz CT molecular complexity index is 149. The molecule has 0 amide bonds. The molecule has 0 aliphatic rings. The summed E-state index contributed by atoms with van der Waals surface area (Å²) >= 11 is 0. The van der Waals surface area contributed by atoms with E-state index in [1.165, 1.54) is 43.8 Å². The van der Waals surface area contributed by atoms with Crippen LogP contribution in [0.1, 0.15) is 46.0 Å². The van der Waals surface area contributed by atoms with Crippen molar-refractivity contribution in [1.29, 1.82) is 0 Å². The van der Waals surface area contributed by atoms with Crippen LogP contribution in [0.3, 0.4) is 0 Å². The van der Waals surface area contributed by atoms with Gasteiger partial charge in [-0.1, -0.05) is 45.6 Å². The highest BCUT2D eigenvalue weighted by atomic mass is 28.4. The molecular formula is C13H28OSi. The Balaban J connectivity index is 4.22. The van der Waals surface area contributed by atoms with Crippen molar-refractivity contribution in [1.82, 2.24) is 0 Å². The summed E-state index contributed by atoms with van der Waals surface area (Å²) in [5.74, 6) is 0. The summed E-state index contributed by atoms with van der Waals surface area (Å²) in [6.45, 7) is 8.36. The number of hydrogen-bond donors (Lipinski definition) is 0. The van der Waals surface area contributed by atoms with Crippen LogP contribution >= 0.6 is 0 Å².